The molecule has 2 rings (SSSR count). The Morgan fingerprint density at radius 2 is 1.90 bits per heavy atom. The molecular weight excluding hydrogens is 279 g/mol. The quantitative estimate of drug-likeness (QED) is 0.909. The fourth-order valence-electron chi connectivity index (χ4n) is 2.19. The zero-order chi connectivity index (χ0) is 14.5. The van der Waals surface area contributed by atoms with Crippen LogP contribution in [0.5, 0.6) is 0 Å². The molecule has 0 saturated carbocycles. The van der Waals surface area contributed by atoms with Crippen LogP contribution in [0.3, 0.4) is 0 Å². The first kappa shape index (κ1) is 15.0. The summed E-state index contributed by atoms with van der Waals surface area (Å²) in [6, 6.07) is 13.7. The Morgan fingerprint density at radius 3 is 2.55 bits per heavy atom. The van der Waals surface area contributed by atoms with Crippen LogP contribution in [0.2, 0.25) is 5.02 Å². The highest BCUT2D eigenvalue weighted by atomic mass is 35.5. The third-order valence-corrected chi connectivity index (χ3v) is 3.40. The summed E-state index contributed by atoms with van der Waals surface area (Å²) in [5.74, 6) is -0.378. The second kappa shape index (κ2) is 6.84. The minimum atomic E-state index is -0.852. The summed E-state index contributed by atoms with van der Waals surface area (Å²) in [6.45, 7) is 0. The van der Waals surface area contributed by atoms with Crippen LogP contribution < -0.4 is 0 Å². The van der Waals surface area contributed by atoms with Crippen LogP contribution in [-0.2, 0) is 11.2 Å². The van der Waals surface area contributed by atoms with Crippen LogP contribution in [0, 0.1) is 5.82 Å². The van der Waals surface area contributed by atoms with Crippen molar-refractivity contribution in [2.24, 2.45) is 0 Å². The first-order valence-electron chi connectivity index (χ1n) is 6.31. The zero-order valence-corrected chi connectivity index (χ0v) is 11.8. The molecule has 0 aliphatic rings. The molecule has 2 aromatic rings. The molecule has 0 heterocycles. The topological polar surface area (TPSA) is 29.5 Å². The number of halogens is 2. The smallest absolute Gasteiger partial charge is 0.126 e. The van der Waals surface area contributed by atoms with Crippen molar-refractivity contribution >= 4 is 11.6 Å². The van der Waals surface area contributed by atoms with E-state index in [4.69, 9.17) is 16.3 Å². The molecule has 0 amide bonds. The molecule has 4 heteroatoms. The Labute approximate surface area is 122 Å². The number of benzene rings is 2. The summed E-state index contributed by atoms with van der Waals surface area (Å²) >= 11 is 5.85. The SMILES string of the molecule is COC(c1ccccc1)C(O)Cc1cc(Cl)ccc1F. The van der Waals surface area contributed by atoms with Gasteiger partial charge in [0.15, 0.2) is 0 Å². The average Bonchev–Trinajstić information content (AvgIpc) is 2.45. The third-order valence-electron chi connectivity index (χ3n) is 3.17. The van der Waals surface area contributed by atoms with Gasteiger partial charge in [0.05, 0.1) is 6.10 Å². The van der Waals surface area contributed by atoms with Gasteiger partial charge in [0.1, 0.15) is 11.9 Å². The molecule has 0 radical (unpaired) electrons. The van der Waals surface area contributed by atoms with Crippen molar-refractivity contribution in [2.75, 3.05) is 7.11 Å². The summed E-state index contributed by atoms with van der Waals surface area (Å²) in [7, 11) is 1.52. The van der Waals surface area contributed by atoms with Crippen molar-refractivity contribution in [1.82, 2.24) is 0 Å². The number of rotatable bonds is 5. The summed E-state index contributed by atoms with van der Waals surface area (Å²) in [6.07, 6.45) is -1.22. The first-order valence-corrected chi connectivity index (χ1v) is 6.69. The normalized spacial score (nSPS) is 14.0. The lowest BCUT2D eigenvalue weighted by atomic mass is 9.98. The fourth-order valence-corrected chi connectivity index (χ4v) is 2.38. The lowest BCUT2D eigenvalue weighted by Gasteiger charge is -2.22. The molecule has 2 aromatic carbocycles. The second-order valence-corrected chi connectivity index (χ2v) is 5.01. The fraction of sp³-hybridized carbons (Fsp3) is 0.250. The molecule has 0 saturated heterocycles. The van der Waals surface area contributed by atoms with Gasteiger partial charge in [-0.15, -0.1) is 0 Å². The summed E-state index contributed by atoms with van der Waals surface area (Å²) in [4.78, 5) is 0. The molecule has 106 valence electrons. The molecule has 0 fully saturated rings. The zero-order valence-electron chi connectivity index (χ0n) is 11.1. The van der Waals surface area contributed by atoms with Gasteiger partial charge in [-0.3, -0.25) is 0 Å². The lowest BCUT2D eigenvalue weighted by Crippen LogP contribution is -2.23. The van der Waals surface area contributed by atoms with Crippen molar-refractivity contribution in [3.05, 3.63) is 70.5 Å². The van der Waals surface area contributed by atoms with E-state index in [1.165, 1.54) is 25.3 Å². The number of hydrogen-bond donors (Lipinski definition) is 1. The molecule has 2 atom stereocenters. The van der Waals surface area contributed by atoms with E-state index in [0.29, 0.717) is 10.6 Å². The number of ether oxygens (including phenoxy) is 1. The van der Waals surface area contributed by atoms with Gasteiger partial charge in [-0.2, -0.15) is 0 Å². The van der Waals surface area contributed by atoms with Crippen LogP contribution in [0.4, 0.5) is 4.39 Å². The first-order chi connectivity index (χ1) is 9.61. The van der Waals surface area contributed by atoms with Gasteiger partial charge in [-0.1, -0.05) is 41.9 Å². The minimum absolute atomic E-state index is 0.139. The van der Waals surface area contributed by atoms with Crippen molar-refractivity contribution in [3.63, 3.8) is 0 Å². The average molecular weight is 295 g/mol. The van der Waals surface area contributed by atoms with Gasteiger partial charge in [-0.25, -0.2) is 4.39 Å². The highest BCUT2D eigenvalue weighted by Crippen LogP contribution is 2.25. The molecule has 1 N–H and O–H groups in total. The van der Waals surface area contributed by atoms with E-state index in [1.807, 2.05) is 30.3 Å². The van der Waals surface area contributed by atoms with Gasteiger partial charge in [0, 0.05) is 18.6 Å². The third kappa shape index (κ3) is 3.57. The maximum Gasteiger partial charge on any atom is 0.126 e. The predicted molar refractivity (Wildman–Crippen MR) is 77.3 cm³/mol. The van der Waals surface area contributed by atoms with Gasteiger partial charge < -0.3 is 9.84 Å². The number of hydrogen-bond acceptors (Lipinski definition) is 2. The highest BCUT2D eigenvalue weighted by molar-refractivity contribution is 6.30. The van der Waals surface area contributed by atoms with Gasteiger partial charge in [0.25, 0.3) is 0 Å². The Morgan fingerprint density at radius 1 is 1.20 bits per heavy atom. The van der Waals surface area contributed by atoms with Crippen LogP contribution in [0.25, 0.3) is 0 Å². The van der Waals surface area contributed by atoms with Crippen LogP contribution >= 0.6 is 11.6 Å². The maximum absolute atomic E-state index is 13.7. The molecule has 0 aromatic heterocycles. The standard InChI is InChI=1S/C16H16ClFO2/c1-20-16(11-5-3-2-4-6-11)15(19)10-12-9-13(17)7-8-14(12)18/h2-9,15-16,19H,10H2,1H3. The minimum Gasteiger partial charge on any atom is -0.390 e. The van der Waals surface area contributed by atoms with Gasteiger partial charge in [0.2, 0.25) is 0 Å². The molecule has 0 spiro atoms. The van der Waals surface area contributed by atoms with E-state index >= 15 is 0 Å². The van der Waals surface area contributed by atoms with Crippen LogP contribution in [0.15, 0.2) is 48.5 Å². The van der Waals surface area contributed by atoms with Crippen LogP contribution in [0.1, 0.15) is 17.2 Å². The summed E-state index contributed by atoms with van der Waals surface area (Å²) in [5, 5.41) is 10.7. The van der Waals surface area contributed by atoms with E-state index < -0.39 is 12.2 Å². The number of aliphatic hydroxyl groups excluding tert-OH is 1. The molecule has 2 unspecified atom stereocenters. The maximum atomic E-state index is 13.7. The number of aliphatic hydroxyl groups is 1. The van der Waals surface area contributed by atoms with E-state index in [0.717, 1.165) is 5.56 Å². The molecule has 2 nitrogen and oxygen atoms in total. The molecule has 0 aliphatic heterocycles. The largest absolute Gasteiger partial charge is 0.390 e. The highest BCUT2D eigenvalue weighted by Gasteiger charge is 2.22. The summed E-state index contributed by atoms with van der Waals surface area (Å²) in [5.41, 5.74) is 1.23. The van der Waals surface area contributed by atoms with E-state index in [2.05, 4.69) is 0 Å². The number of methoxy groups -OCH3 is 1. The van der Waals surface area contributed by atoms with E-state index in [9.17, 15) is 9.50 Å². The summed E-state index contributed by atoms with van der Waals surface area (Å²) < 4.78 is 19.0. The lowest BCUT2D eigenvalue weighted by molar-refractivity contribution is -0.0131. The van der Waals surface area contributed by atoms with Crippen molar-refractivity contribution in [2.45, 2.75) is 18.6 Å². The van der Waals surface area contributed by atoms with Crippen molar-refractivity contribution in [1.29, 1.82) is 0 Å². The van der Waals surface area contributed by atoms with E-state index in [1.54, 1.807) is 0 Å². The predicted octanol–water partition coefficient (Wildman–Crippen LogP) is 3.77. The van der Waals surface area contributed by atoms with E-state index in [-0.39, 0.29) is 12.2 Å². The van der Waals surface area contributed by atoms with Crippen LogP contribution in [-0.4, -0.2) is 18.3 Å². The van der Waals surface area contributed by atoms with Crippen molar-refractivity contribution in [3.8, 4) is 0 Å². The Bertz CT molecular complexity index is 560. The molecular formula is C16H16ClFO2. The van der Waals surface area contributed by atoms with Gasteiger partial charge >= 0.3 is 0 Å². The monoisotopic (exact) mass is 294 g/mol. The Hall–Kier alpha value is -1.42. The van der Waals surface area contributed by atoms with Gasteiger partial charge in [-0.05, 0) is 29.3 Å². The molecule has 0 bridgehead atoms. The Kier molecular flexibility index (Phi) is 5.12. The molecule has 0 aliphatic carbocycles. The Balaban J connectivity index is 2.17. The molecule has 20 heavy (non-hydrogen) atoms. The van der Waals surface area contributed by atoms with Crippen molar-refractivity contribution < 1.29 is 14.2 Å². The second-order valence-electron chi connectivity index (χ2n) is 4.57.